The van der Waals surface area contributed by atoms with Crippen molar-refractivity contribution in [1.82, 2.24) is 9.97 Å². The number of Topliss-reactive ketones (excluding diaryl/α,β-unsaturated/α-hetero) is 1. The monoisotopic (exact) mass is 517 g/mol. The van der Waals surface area contributed by atoms with Gasteiger partial charge in [-0.25, -0.2) is 9.97 Å². The summed E-state index contributed by atoms with van der Waals surface area (Å²) in [6.07, 6.45) is -1.97. The number of thiophene rings is 1. The summed E-state index contributed by atoms with van der Waals surface area (Å²) in [5.74, 6) is -0.850. The van der Waals surface area contributed by atoms with Crippen LogP contribution in [0.5, 0.6) is 0 Å². The normalized spacial score (nSPS) is 12.5. The Balaban J connectivity index is 1.57. The third-order valence-electron chi connectivity index (χ3n) is 5.26. The van der Waals surface area contributed by atoms with Gasteiger partial charge in [0.2, 0.25) is 0 Å². The molecule has 180 valence electrons. The van der Waals surface area contributed by atoms with E-state index in [9.17, 15) is 27.0 Å². The van der Waals surface area contributed by atoms with Gasteiger partial charge in [-0.3, -0.25) is 13.8 Å². The number of hydrogen-bond donors (Lipinski definition) is 1. The number of amides is 1. The van der Waals surface area contributed by atoms with Gasteiger partial charge >= 0.3 is 6.18 Å². The molecule has 0 radical (unpaired) electrons. The van der Waals surface area contributed by atoms with E-state index in [0.29, 0.717) is 26.5 Å². The number of ketones is 1. The Morgan fingerprint density at radius 1 is 1.11 bits per heavy atom. The van der Waals surface area contributed by atoms with Crippen LogP contribution in [0.25, 0.3) is 10.2 Å². The van der Waals surface area contributed by atoms with Gasteiger partial charge in [0, 0.05) is 29.3 Å². The second-order valence-corrected chi connectivity index (χ2v) is 9.92. The highest BCUT2D eigenvalue weighted by Gasteiger charge is 2.30. The predicted molar refractivity (Wildman–Crippen MR) is 128 cm³/mol. The molecule has 0 aliphatic carbocycles. The number of fused-ring (bicyclic) bond motifs is 1. The molecule has 0 aliphatic heterocycles. The highest BCUT2D eigenvalue weighted by Crippen LogP contribution is 2.31. The maximum atomic E-state index is 13.0. The van der Waals surface area contributed by atoms with Gasteiger partial charge in [-0.05, 0) is 30.2 Å². The molecule has 1 N–H and O–H groups in total. The second kappa shape index (κ2) is 9.67. The largest absolute Gasteiger partial charge is 0.416 e. The molecule has 6 nitrogen and oxygen atoms in total. The fraction of sp³-hybridized carbons (Fsp3) is 0.167. The number of alkyl halides is 3. The van der Waals surface area contributed by atoms with Crippen LogP contribution in [0, 0.1) is 6.92 Å². The van der Waals surface area contributed by atoms with Crippen LogP contribution in [0.1, 0.15) is 37.4 Å². The lowest BCUT2D eigenvalue weighted by Gasteiger charge is -2.11. The van der Waals surface area contributed by atoms with E-state index in [4.69, 9.17) is 0 Å². The molecule has 0 fully saturated rings. The molecule has 1 amide bonds. The molecule has 0 bridgehead atoms. The summed E-state index contributed by atoms with van der Waals surface area (Å²) >= 11 is 1.21. The SMILES string of the molecule is Cc1ccc(C(=O)Cc2cccc(C(F)(F)F)c2)cc1NC(=O)c1csc2c(S(C)=O)ncnc12. The molecule has 2 aromatic carbocycles. The zero-order valence-corrected chi connectivity index (χ0v) is 20.1. The first-order chi connectivity index (χ1) is 16.5. The lowest BCUT2D eigenvalue weighted by molar-refractivity contribution is -0.137. The molecule has 0 aliphatic rings. The molecule has 0 saturated carbocycles. The van der Waals surface area contributed by atoms with Crippen molar-refractivity contribution in [3.8, 4) is 0 Å². The van der Waals surface area contributed by atoms with Gasteiger partial charge in [0.25, 0.3) is 5.91 Å². The zero-order valence-electron chi connectivity index (χ0n) is 18.5. The summed E-state index contributed by atoms with van der Waals surface area (Å²) in [5.41, 5.74) is 1.41. The molecular formula is C24H18F3N3O3S2. The average molecular weight is 518 g/mol. The molecule has 4 rings (SSSR count). The molecule has 0 saturated heterocycles. The molecular weight excluding hydrogens is 499 g/mol. The fourth-order valence-electron chi connectivity index (χ4n) is 3.46. The van der Waals surface area contributed by atoms with E-state index in [2.05, 4.69) is 15.3 Å². The number of carbonyl (C=O) groups is 2. The molecule has 2 aromatic heterocycles. The summed E-state index contributed by atoms with van der Waals surface area (Å²) in [4.78, 5) is 34.0. The molecule has 2 heterocycles. The van der Waals surface area contributed by atoms with Crippen molar-refractivity contribution in [2.24, 2.45) is 0 Å². The second-order valence-electron chi connectivity index (χ2n) is 7.74. The first-order valence-corrected chi connectivity index (χ1v) is 12.7. The smallest absolute Gasteiger partial charge is 0.322 e. The van der Waals surface area contributed by atoms with Gasteiger partial charge in [-0.1, -0.05) is 30.3 Å². The summed E-state index contributed by atoms with van der Waals surface area (Å²) < 4.78 is 51.4. The summed E-state index contributed by atoms with van der Waals surface area (Å²) in [5, 5.41) is 4.72. The van der Waals surface area contributed by atoms with Crippen LogP contribution in [-0.4, -0.2) is 32.1 Å². The van der Waals surface area contributed by atoms with Gasteiger partial charge in [-0.15, -0.1) is 11.3 Å². The van der Waals surface area contributed by atoms with E-state index in [1.54, 1.807) is 24.4 Å². The Labute approximate surface area is 204 Å². The van der Waals surface area contributed by atoms with Gasteiger partial charge in [0.15, 0.2) is 5.78 Å². The minimum Gasteiger partial charge on any atom is -0.322 e. The van der Waals surface area contributed by atoms with E-state index < -0.39 is 28.4 Å². The van der Waals surface area contributed by atoms with Crippen molar-refractivity contribution < 1.29 is 27.0 Å². The predicted octanol–water partition coefficient (Wildman–Crippen LogP) is 5.43. The highest BCUT2D eigenvalue weighted by molar-refractivity contribution is 7.84. The van der Waals surface area contributed by atoms with Crippen LogP contribution in [0.15, 0.2) is 59.2 Å². The Hall–Kier alpha value is -3.44. The standard InChI is InChI=1S/C24H18F3N3O3S2/c1-13-6-7-15(19(31)9-14-4-3-5-16(8-14)24(25,26)27)10-18(13)30-22(32)17-11-34-21-20(17)28-12-29-23(21)35(2)33/h3-8,10-12H,9H2,1-2H3,(H,30,32). The van der Waals surface area contributed by atoms with Crippen molar-refractivity contribution >= 4 is 49.7 Å². The van der Waals surface area contributed by atoms with Crippen LogP contribution in [0.3, 0.4) is 0 Å². The molecule has 1 atom stereocenters. The first kappa shape index (κ1) is 24.7. The number of nitrogens with one attached hydrogen (secondary N) is 1. The summed E-state index contributed by atoms with van der Waals surface area (Å²) in [6.45, 7) is 1.75. The fourth-order valence-corrected chi connectivity index (χ4v) is 5.39. The van der Waals surface area contributed by atoms with Crippen LogP contribution in [0.2, 0.25) is 0 Å². The zero-order chi connectivity index (χ0) is 25.3. The van der Waals surface area contributed by atoms with Crippen molar-refractivity contribution in [3.05, 3.63) is 82.0 Å². The number of rotatable bonds is 6. The Morgan fingerprint density at radius 2 is 1.89 bits per heavy atom. The maximum absolute atomic E-state index is 13.0. The van der Waals surface area contributed by atoms with Crippen molar-refractivity contribution in [2.75, 3.05) is 11.6 Å². The minimum atomic E-state index is -4.50. The molecule has 4 aromatic rings. The molecule has 35 heavy (non-hydrogen) atoms. The first-order valence-electron chi connectivity index (χ1n) is 10.2. The van der Waals surface area contributed by atoms with Crippen LogP contribution in [0.4, 0.5) is 18.9 Å². The maximum Gasteiger partial charge on any atom is 0.416 e. The van der Waals surface area contributed by atoms with E-state index in [0.717, 1.165) is 12.1 Å². The van der Waals surface area contributed by atoms with Gasteiger partial charge in [0.05, 0.1) is 32.1 Å². The number of halogens is 3. The highest BCUT2D eigenvalue weighted by atomic mass is 32.2. The van der Waals surface area contributed by atoms with Gasteiger partial charge < -0.3 is 5.32 Å². The Bertz CT molecular complexity index is 1480. The van der Waals surface area contributed by atoms with E-state index in [-0.39, 0.29) is 28.9 Å². The topological polar surface area (TPSA) is 89.0 Å². The summed E-state index contributed by atoms with van der Waals surface area (Å²) in [7, 11) is -1.35. The molecule has 1 unspecified atom stereocenters. The van der Waals surface area contributed by atoms with Crippen LogP contribution < -0.4 is 5.32 Å². The minimum absolute atomic E-state index is 0.219. The van der Waals surface area contributed by atoms with Crippen molar-refractivity contribution in [2.45, 2.75) is 24.5 Å². The number of benzene rings is 2. The molecule has 11 heteroatoms. The number of anilines is 1. The van der Waals surface area contributed by atoms with Crippen LogP contribution >= 0.6 is 11.3 Å². The third kappa shape index (κ3) is 5.30. The van der Waals surface area contributed by atoms with E-state index >= 15 is 0 Å². The molecule has 0 spiro atoms. The summed E-state index contributed by atoms with van der Waals surface area (Å²) in [6, 6.07) is 9.35. The Morgan fingerprint density at radius 3 is 2.60 bits per heavy atom. The quantitative estimate of drug-likeness (QED) is 0.272. The Kier molecular flexibility index (Phi) is 6.82. The number of carbonyl (C=O) groups excluding carboxylic acids is 2. The lowest BCUT2D eigenvalue weighted by Crippen LogP contribution is -2.14. The average Bonchev–Trinajstić information content (AvgIpc) is 3.24. The lowest BCUT2D eigenvalue weighted by atomic mass is 9.99. The van der Waals surface area contributed by atoms with E-state index in [1.807, 2.05) is 0 Å². The van der Waals surface area contributed by atoms with Crippen molar-refractivity contribution in [1.29, 1.82) is 0 Å². The third-order valence-corrected chi connectivity index (χ3v) is 7.22. The van der Waals surface area contributed by atoms with Crippen LogP contribution in [-0.2, 0) is 23.4 Å². The van der Waals surface area contributed by atoms with Gasteiger partial charge in [-0.2, -0.15) is 13.2 Å². The van der Waals surface area contributed by atoms with Gasteiger partial charge in [0.1, 0.15) is 11.4 Å². The van der Waals surface area contributed by atoms with Crippen molar-refractivity contribution in [3.63, 3.8) is 0 Å². The number of hydrogen-bond acceptors (Lipinski definition) is 6. The van der Waals surface area contributed by atoms with E-state index in [1.165, 1.54) is 42.1 Å². The number of aryl methyl sites for hydroxylation is 1. The number of nitrogens with zero attached hydrogens (tertiary/aromatic N) is 2. The number of aromatic nitrogens is 2.